The molecule has 0 spiro atoms. The lowest BCUT2D eigenvalue weighted by Crippen LogP contribution is -2.36. The maximum atomic E-state index is 12.3. The fourth-order valence-corrected chi connectivity index (χ4v) is 4.50. The number of hydrazone groups is 1. The van der Waals surface area contributed by atoms with E-state index in [0.717, 1.165) is 21.9 Å². The van der Waals surface area contributed by atoms with E-state index >= 15 is 0 Å². The van der Waals surface area contributed by atoms with Crippen LogP contribution < -0.4 is 10.3 Å². The first-order chi connectivity index (χ1) is 18.1. The van der Waals surface area contributed by atoms with Crippen LogP contribution >= 0.6 is 0 Å². The number of carboxylic acid groups (broad SMARTS) is 1. The molecule has 3 N–H and O–H groups in total. The lowest BCUT2D eigenvalue weighted by atomic mass is 9.91. The largest absolute Gasteiger partial charge is 0.489 e. The third-order valence-corrected chi connectivity index (χ3v) is 6.32. The number of carbonyl (C=O) groups is 2. The van der Waals surface area contributed by atoms with Crippen molar-refractivity contribution in [1.29, 1.82) is 0 Å². The molecule has 1 aliphatic heterocycles. The van der Waals surface area contributed by atoms with Crippen molar-refractivity contribution in [2.24, 2.45) is 5.10 Å². The molecule has 200 valence electrons. The molecule has 0 aliphatic carbocycles. The number of aliphatic carboxylic acids is 1. The van der Waals surface area contributed by atoms with E-state index in [9.17, 15) is 14.7 Å². The Morgan fingerprint density at radius 3 is 2.53 bits per heavy atom. The van der Waals surface area contributed by atoms with Crippen LogP contribution in [0, 0.1) is 0 Å². The normalized spacial score (nSPS) is 16.5. The van der Waals surface area contributed by atoms with Crippen molar-refractivity contribution >= 4 is 29.0 Å². The van der Waals surface area contributed by atoms with Crippen LogP contribution in [0.15, 0.2) is 65.8 Å². The predicted molar refractivity (Wildman–Crippen MR) is 144 cm³/mol. The van der Waals surface area contributed by atoms with Crippen molar-refractivity contribution in [1.82, 2.24) is 10.5 Å². The van der Waals surface area contributed by atoms with Gasteiger partial charge < -0.3 is 19.5 Å². The molecule has 3 aromatic rings. The molecule has 1 heterocycles. The number of nitrogens with zero attached hydrogens (tertiary/aromatic N) is 2. The summed E-state index contributed by atoms with van der Waals surface area (Å²) in [6.45, 7) is 6.53. The van der Waals surface area contributed by atoms with Gasteiger partial charge in [0.2, 0.25) is 0 Å². The zero-order valence-corrected chi connectivity index (χ0v) is 21.8. The minimum Gasteiger partial charge on any atom is -0.489 e. The highest BCUT2D eigenvalue weighted by Gasteiger charge is 2.31. The van der Waals surface area contributed by atoms with E-state index in [2.05, 4.69) is 5.10 Å². The molecule has 1 aliphatic rings. The maximum absolute atomic E-state index is 12.3. The Kier molecular flexibility index (Phi) is 8.16. The second-order valence-electron chi connectivity index (χ2n) is 10.4. The number of carbonyl (C=O) groups excluding carboxylic acids is 1. The molecule has 3 aromatic carbocycles. The summed E-state index contributed by atoms with van der Waals surface area (Å²) in [5.41, 5.74) is 3.58. The summed E-state index contributed by atoms with van der Waals surface area (Å²) in [4.78, 5) is 26.1. The minimum atomic E-state index is -0.905. The number of fused-ring (bicyclic) bond motifs is 1. The van der Waals surface area contributed by atoms with Crippen molar-refractivity contribution < 1.29 is 29.4 Å². The molecule has 9 heteroatoms. The molecule has 1 amide bonds. The average Bonchev–Trinajstić information content (AvgIpc) is 3.34. The molecule has 1 saturated heterocycles. The third-order valence-electron chi connectivity index (χ3n) is 6.32. The quantitative estimate of drug-likeness (QED) is 0.284. The van der Waals surface area contributed by atoms with Crippen LogP contribution in [0.25, 0.3) is 10.8 Å². The smallest absolute Gasteiger partial charge is 0.410 e. The van der Waals surface area contributed by atoms with Crippen LogP contribution in [-0.4, -0.2) is 58.3 Å². The second kappa shape index (κ2) is 11.5. The van der Waals surface area contributed by atoms with Gasteiger partial charge in [-0.15, -0.1) is 0 Å². The van der Waals surface area contributed by atoms with E-state index in [0.29, 0.717) is 37.2 Å². The molecule has 0 aromatic heterocycles. The number of hydrogen-bond acceptors (Lipinski definition) is 7. The second-order valence-corrected chi connectivity index (χ2v) is 10.4. The van der Waals surface area contributed by atoms with Gasteiger partial charge in [-0.05, 0) is 72.9 Å². The minimum absolute atomic E-state index is 0.149. The molecule has 0 saturated carbocycles. The first-order valence-electron chi connectivity index (χ1n) is 12.5. The van der Waals surface area contributed by atoms with Crippen molar-refractivity contribution in [2.45, 2.75) is 51.2 Å². The van der Waals surface area contributed by atoms with Gasteiger partial charge in [-0.3, -0.25) is 10.0 Å². The average molecular weight is 520 g/mol. The molecule has 0 bridgehead atoms. The topological polar surface area (TPSA) is 121 Å². The van der Waals surface area contributed by atoms with Gasteiger partial charge in [-0.25, -0.2) is 4.79 Å². The number of carboxylic acids is 1. The molecule has 0 unspecified atom stereocenters. The molecular weight excluding hydrogens is 486 g/mol. The van der Waals surface area contributed by atoms with Gasteiger partial charge in [-0.1, -0.05) is 42.5 Å². The third kappa shape index (κ3) is 7.01. The van der Waals surface area contributed by atoms with Gasteiger partial charge in [0.1, 0.15) is 17.5 Å². The zero-order chi connectivity index (χ0) is 27.3. The Bertz CT molecular complexity index is 1320. The van der Waals surface area contributed by atoms with Gasteiger partial charge in [0.25, 0.3) is 0 Å². The fraction of sp³-hybridized carbons (Fsp3) is 0.345. The Labute approximate surface area is 221 Å². The van der Waals surface area contributed by atoms with Crippen LogP contribution in [0.4, 0.5) is 4.79 Å². The fourth-order valence-electron chi connectivity index (χ4n) is 4.50. The summed E-state index contributed by atoms with van der Waals surface area (Å²) in [7, 11) is 0. The van der Waals surface area contributed by atoms with Gasteiger partial charge in [-0.2, -0.15) is 10.7 Å². The first-order valence-corrected chi connectivity index (χ1v) is 12.5. The van der Waals surface area contributed by atoms with Crippen molar-refractivity contribution in [3.05, 3.63) is 77.4 Å². The maximum Gasteiger partial charge on any atom is 0.410 e. The van der Waals surface area contributed by atoms with Crippen molar-refractivity contribution in [2.75, 3.05) is 13.1 Å². The van der Waals surface area contributed by atoms with E-state index in [1.165, 1.54) is 6.21 Å². The van der Waals surface area contributed by atoms with Gasteiger partial charge in [0.05, 0.1) is 18.7 Å². The number of hydrogen-bond donors (Lipinski definition) is 3. The van der Waals surface area contributed by atoms with Crippen LogP contribution in [-0.2, 0) is 16.0 Å². The van der Waals surface area contributed by atoms with E-state index in [1.807, 2.05) is 57.2 Å². The molecule has 9 nitrogen and oxygen atoms in total. The van der Waals surface area contributed by atoms with Gasteiger partial charge >= 0.3 is 12.1 Å². The number of likely N-dealkylation sites (tertiary alicyclic amines) is 1. The van der Waals surface area contributed by atoms with Crippen molar-refractivity contribution in [3.63, 3.8) is 0 Å². The Morgan fingerprint density at radius 2 is 1.84 bits per heavy atom. The molecule has 4 rings (SSSR count). The summed E-state index contributed by atoms with van der Waals surface area (Å²) in [5.74, 6) is -0.998. The highest BCUT2D eigenvalue weighted by Crippen LogP contribution is 2.27. The molecular formula is C29H33N3O6. The zero-order valence-electron chi connectivity index (χ0n) is 21.8. The number of amides is 1. The first kappa shape index (κ1) is 26.9. The predicted octanol–water partition coefficient (Wildman–Crippen LogP) is 4.95. The van der Waals surface area contributed by atoms with Gasteiger partial charge in [0, 0.05) is 13.0 Å². The monoisotopic (exact) mass is 519 g/mol. The van der Waals surface area contributed by atoms with Crippen LogP contribution in [0.1, 0.15) is 49.8 Å². The Hall–Kier alpha value is -4.11. The summed E-state index contributed by atoms with van der Waals surface area (Å²) in [6, 6.07) is 18.8. The number of rotatable bonds is 8. The summed E-state index contributed by atoms with van der Waals surface area (Å²) in [6.07, 6.45) is 2.03. The molecule has 38 heavy (non-hydrogen) atoms. The standard InChI is InChI=1S/C29H33N3O6/c1-29(2,3)38-28(35)32-13-12-25(18-32)37-24-10-8-22(9-11-24)26(27(33)34)16-19-4-6-21-7-5-20(17-30-31-36)15-23(21)14-19/h4-11,14-15,17,25-26,31,36H,12-13,16,18H2,1-3H3,(H,33,34)/t25-,26-/m0/s1. The Balaban J connectivity index is 1.41. The van der Waals surface area contributed by atoms with Gasteiger partial charge in [0.15, 0.2) is 0 Å². The summed E-state index contributed by atoms with van der Waals surface area (Å²) >= 11 is 0. The number of ether oxygens (including phenoxy) is 2. The lowest BCUT2D eigenvalue weighted by Gasteiger charge is -2.24. The van der Waals surface area contributed by atoms with E-state index in [4.69, 9.17) is 14.7 Å². The Morgan fingerprint density at radius 1 is 1.11 bits per heavy atom. The van der Waals surface area contributed by atoms with E-state index in [-0.39, 0.29) is 12.2 Å². The summed E-state index contributed by atoms with van der Waals surface area (Å²) < 4.78 is 11.5. The number of nitrogens with one attached hydrogen (secondary N) is 1. The lowest BCUT2D eigenvalue weighted by molar-refractivity contribution is -0.138. The van der Waals surface area contributed by atoms with Crippen LogP contribution in [0.5, 0.6) is 5.75 Å². The number of benzene rings is 3. The van der Waals surface area contributed by atoms with Crippen molar-refractivity contribution in [3.8, 4) is 5.75 Å². The SMILES string of the molecule is CC(C)(C)OC(=O)N1CC[C@H](Oc2ccc([C@H](Cc3ccc4ccc(C=NNO)cc4c3)C(=O)O)cc2)C1. The molecule has 1 fully saturated rings. The van der Waals surface area contributed by atoms with E-state index < -0.39 is 17.5 Å². The highest BCUT2D eigenvalue weighted by molar-refractivity contribution is 5.90. The van der Waals surface area contributed by atoms with Crippen LogP contribution in [0.3, 0.4) is 0 Å². The van der Waals surface area contributed by atoms with E-state index in [1.54, 1.807) is 34.8 Å². The molecule has 2 atom stereocenters. The summed E-state index contributed by atoms with van der Waals surface area (Å²) in [5, 5.41) is 24.2. The highest BCUT2D eigenvalue weighted by atomic mass is 16.6. The van der Waals surface area contributed by atoms with Crippen LogP contribution in [0.2, 0.25) is 0 Å². The molecule has 0 radical (unpaired) electrons.